The van der Waals surface area contributed by atoms with Crippen molar-refractivity contribution < 1.29 is 4.74 Å². The van der Waals surface area contributed by atoms with E-state index < -0.39 is 0 Å². The average molecular weight is 412 g/mol. The minimum atomic E-state index is 0.402. The summed E-state index contributed by atoms with van der Waals surface area (Å²) < 4.78 is 5.69. The molecule has 1 unspecified atom stereocenters. The van der Waals surface area contributed by atoms with Gasteiger partial charge in [-0.2, -0.15) is 0 Å². The van der Waals surface area contributed by atoms with Gasteiger partial charge in [-0.05, 0) is 66.1 Å². The molecule has 1 heterocycles. The molecule has 0 saturated carbocycles. The Morgan fingerprint density at radius 1 is 1.17 bits per heavy atom. The predicted molar refractivity (Wildman–Crippen MR) is 119 cm³/mol. The molecular weight excluding hydrogens is 382 g/mol. The number of methoxy groups -OCH3 is 1. The summed E-state index contributed by atoms with van der Waals surface area (Å²) in [5, 5.41) is 4.54. The summed E-state index contributed by atoms with van der Waals surface area (Å²) in [4.78, 5) is 4.54. The third-order valence-electron chi connectivity index (χ3n) is 5.91. The summed E-state index contributed by atoms with van der Waals surface area (Å²) >= 11 is 6.13. The molecule has 1 aliphatic heterocycles. The number of ether oxygens (including phenoxy) is 1. The zero-order valence-corrected chi connectivity index (χ0v) is 18.1. The molecular formula is C24H30ClN3O. The highest BCUT2D eigenvalue weighted by atomic mass is 35.5. The van der Waals surface area contributed by atoms with E-state index in [0.717, 1.165) is 56.2 Å². The molecule has 0 spiro atoms. The maximum absolute atomic E-state index is 6.13. The van der Waals surface area contributed by atoms with Gasteiger partial charge in [0.05, 0.1) is 13.8 Å². The third kappa shape index (κ3) is 4.88. The second kappa shape index (κ2) is 9.10. The van der Waals surface area contributed by atoms with E-state index in [1.165, 1.54) is 22.3 Å². The lowest BCUT2D eigenvalue weighted by atomic mass is 10.0. The van der Waals surface area contributed by atoms with E-state index in [9.17, 15) is 0 Å². The first-order valence-corrected chi connectivity index (χ1v) is 10.8. The van der Waals surface area contributed by atoms with Crippen LogP contribution >= 0.6 is 11.6 Å². The first-order chi connectivity index (χ1) is 14.1. The Bertz CT molecular complexity index is 882. The van der Waals surface area contributed by atoms with Crippen LogP contribution in [-0.4, -0.2) is 37.2 Å². The van der Waals surface area contributed by atoms with Gasteiger partial charge < -0.3 is 19.9 Å². The maximum atomic E-state index is 6.13. The Hall–Kier alpha value is -2.17. The Labute approximate surface area is 179 Å². The molecule has 0 amide bonds. The number of aryl methyl sites for hydroxylation is 2. The highest BCUT2D eigenvalue weighted by Gasteiger charge is 2.22. The van der Waals surface area contributed by atoms with Crippen molar-refractivity contribution >= 4 is 11.6 Å². The highest BCUT2D eigenvalue weighted by Crippen LogP contribution is 2.33. The molecule has 0 bridgehead atoms. The number of benzene rings is 2. The van der Waals surface area contributed by atoms with Crippen molar-refractivity contribution in [1.29, 1.82) is 0 Å². The molecule has 29 heavy (non-hydrogen) atoms. The molecule has 0 fully saturated rings. The molecule has 0 aromatic heterocycles. The van der Waals surface area contributed by atoms with E-state index in [1.807, 2.05) is 6.07 Å². The van der Waals surface area contributed by atoms with E-state index >= 15 is 0 Å². The Balaban J connectivity index is 1.32. The predicted octanol–water partition coefficient (Wildman–Crippen LogP) is 4.73. The summed E-state index contributed by atoms with van der Waals surface area (Å²) in [6.07, 6.45) is 8.67. The number of rotatable bonds is 8. The fourth-order valence-electron chi connectivity index (χ4n) is 4.35. The topological polar surface area (TPSA) is 27.7 Å². The van der Waals surface area contributed by atoms with Crippen LogP contribution in [0, 0.1) is 0 Å². The van der Waals surface area contributed by atoms with Crippen LogP contribution in [0.3, 0.4) is 0 Å². The number of hydrogen-bond donors (Lipinski definition) is 1. The monoisotopic (exact) mass is 411 g/mol. The third-order valence-corrected chi connectivity index (χ3v) is 6.15. The second-order valence-electron chi connectivity index (χ2n) is 8.07. The largest absolute Gasteiger partial charge is 0.496 e. The summed E-state index contributed by atoms with van der Waals surface area (Å²) in [6.45, 7) is 2.89. The molecule has 1 N–H and O–H groups in total. The van der Waals surface area contributed by atoms with Crippen LogP contribution in [0.5, 0.6) is 5.75 Å². The molecule has 4 nitrogen and oxygen atoms in total. The minimum Gasteiger partial charge on any atom is -0.496 e. The second-order valence-corrected chi connectivity index (χ2v) is 8.51. The van der Waals surface area contributed by atoms with Crippen molar-refractivity contribution in [3.05, 3.63) is 76.1 Å². The molecule has 0 saturated heterocycles. The number of hydrogen-bond acceptors (Lipinski definition) is 4. The van der Waals surface area contributed by atoms with Crippen LogP contribution in [-0.2, 0) is 19.4 Å². The number of nitrogens with one attached hydrogen (secondary N) is 1. The normalized spacial score (nSPS) is 17.8. The lowest BCUT2D eigenvalue weighted by molar-refractivity contribution is 0.293. The molecule has 1 atom stereocenters. The summed E-state index contributed by atoms with van der Waals surface area (Å²) in [5.74, 6) is 0.997. The first kappa shape index (κ1) is 20.1. The first-order valence-electron chi connectivity index (χ1n) is 10.4. The van der Waals surface area contributed by atoms with Crippen molar-refractivity contribution in [2.75, 3.05) is 27.4 Å². The molecule has 154 valence electrons. The van der Waals surface area contributed by atoms with Gasteiger partial charge in [0.15, 0.2) is 0 Å². The quantitative estimate of drug-likeness (QED) is 0.679. The van der Waals surface area contributed by atoms with Gasteiger partial charge in [0.25, 0.3) is 0 Å². The van der Waals surface area contributed by atoms with Crippen molar-refractivity contribution in [2.45, 2.75) is 38.3 Å². The average Bonchev–Trinajstić information content (AvgIpc) is 3.32. The standard InChI is InChI=1S/C24H30ClN3O/c1-27-12-13-28(17-27)11-3-4-19-6-5-18(14-24(19)29-2)16-26-23-10-7-20-15-21(25)8-9-22(20)23/h5-6,8-9,12-15,23,26H,3-4,7,10-11,16-17H2,1-2H3. The van der Waals surface area contributed by atoms with Gasteiger partial charge in [-0.25, -0.2) is 0 Å². The minimum absolute atomic E-state index is 0.402. The van der Waals surface area contributed by atoms with Crippen molar-refractivity contribution in [1.82, 2.24) is 15.1 Å². The summed E-state index contributed by atoms with van der Waals surface area (Å²) in [5.41, 5.74) is 5.31. The molecule has 4 rings (SSSR count). The van der Waals surface area contributed by atoms with E-state index in [0.29, 0.717) is 6.04 Å². The van der Waals surface area contributed by atoms with Gasteiger partial charge in [0.2, 0.25) is 0 Å². The van der Waals surface area contributed by atoms with Gasteiger partial charge in [0, 0.05) is 43.6 Å². The zero-order valence-electron chi connectivity index (χ0n) is 17.3. The van der Waals surface area contributed by atoms with E-state index in [2.05, 4.69) is 64.9 Å². The van der Waals surface area contributed by atoms with Crippen LogP contribution in [0.1, 0.15) is 41.1 Å². The zero-order chi connectivity index (χ0) is 20.2. The Morgan fingerprint density at radius 3 is 2.86 bits per heavy atom. The summed E-state index contributed by atoms with van der Waals surface area (Å²) in [6, 6.07) is 13.3. The van der Waals surface area contributed by atoms with E-state index in [4.69, 9.17) is 16.3 Å². The van der Waals surface area contributed by atoms with Crippen LogP contribution in [0.15, 0.2) is 48.8 Å². The van der Waals surface area contributed by atoms with Gasteiger partial charge in [0.1, 0.15) is 5.75 Å². The fourth-order valence-corrected chi connectivity index (χ4v) is 4.55. The van der Waals surface area contributed by atoms with Crippen LogP contribution < -0.4 is 10.1 Å². The van der Waals surface area contributed by atoms with Crippen LogP contribution in [0.25, 0.3) is 0 Å². The molecule has 2 aliphatic rings. The Kier molecular flexibility index (Phi) is 6.31. The molecule has 1 aliphatic carbocycles. The lowest BCUT2D eigenvalue weighted by Gasteiger charge is -2.18. The van der Waals surface area contributed by atoms with Gasteiger partial charge in [-0.3, -0.25) is 0 Å². The molecule has 2 aromatic rings. The highest BCUT2D eigenvalue weighted by molar-refractivity contribution is 6.30. The van der Waals surface area contributed by atoms with Crippen LogP contribution in [0.4, 0.5) is 0 Å². The van der Waals surface area contributed by atoms with Gasteiger partial charge in [-0.1, -0.05) is 29.8 Å². The van der Waals surface area contributed by atoms with Gasteiger partial charge >= 0.3 is 0 Å². The SMILES string of the molecule is COc1cc(CNC2CCc3cc(Cl)ccc32)ccc1CCCN1C=CN(C)C1. The van der Waals surface area contributed by atoms with Gasteiger partial charge in [-0.15, -0.1) is 0 Å². The lowest BCUT2D eigenvalue weighted by Crippen LogP contribution is -2.23. The molecule has 5 heteroatoms. The summed E-state index contributed by atoms with van der Waals surface area (Å²) in [7, 11) is 3.87. The fraction of sp³-hybridized carbons (Fsp3) is 0.417. The molecule has 0 radical (unpaired) electrons. The van der Waals surface area contributed by atoms with Crippen LogP contribution in [0.2, 0.25) is 5.02 Å². The van der Waals surface area contributed by atoms with E-state index in [-0.39, 0.29) is 0 Å². The smallest absolute Gasteiger partial charge is 0.122 e. The molecule has 2 aromatic carbocycles. The number of halogens is 1. The van der Waals surface area contributed by atoms with Crippen molar-refractivity contribution in [2.24, 2.45) is 0 Å². The number of fused-ring (bicyclic) bond motifs is 1. The maximum Gasteiger partial charge on any atom is 0.122 e. The van der Waals surface area contributed by atoms with Crippen molar-refractivity contribution in [3.8, 4) is 5.75 Å². The number of nitrogens with zero attached hydrogens (tertiary/aromatic N) is 2. The van der Waals surface area contributed by atoms with Crippen molar-refractivity contribution in [3.63, 3.8) is 0 Å². The van der Waals surface area contributed by atoms with E-state index in [1.54, 1.807) is 7.11 Å². The Morgan fingerprint density at radius 2 is 2.07 bits per heavy atom.